The zero-order valence-corrected chi connectivity index (χ0v) is 12.1. The number of carboxylic acid groups (broad SMARTS) is 4. The second kappa shape index (κ2) is 9.73. The number of rotatable bonds is 9. The predicted octanol–water partition coefficient (Wildman–Crippen LogP) is -9.56. The number of nitrogens with zero attached hydrogens (tertiary/aromatic N) is 1. The summed E-state index contributed by atoms with van der Waals surface area (Å²) < 4.78 is 0. The summed E-state index contributed by atoms with van der Waals surface area (Å²) in [6.45, 7) is -2.00. The molecule has 0 spiro atoms. The third-order valence-electron chi connectivity index (χ3n) is 2.00. The summed E-state index contributed by atoms with van der Waals surface area (Å²) in [5.41, 5.74) is 0. The number of carbonyl (C=O) groups excluding carboxylic acids is 4. The molecule has 19 heavy (non-hydrogen) atoms. The van der Waals surface area contributed by atoms with Crippen molar-refractivity contribution in [1.82, 2.24) is 4.90 Å². The summed E-state index contributed by atoms with van der Waals surface area (Å²) in [5, 5.41) is 41.6. The molecule has 0 aromatic carbocycles. The standard InChI is InChI=1S/C9H13NO8.Na/c11-6(12)2-1-5(9(17)18)10(3-7(13)14)4-8(15)16;/h5H,1-4H2,(H,11,12)(H,13,14)(H,15,16)(H,17,18);/q;+1/p-4/t5-;/m0./s1. The fourth-order valence-electron chi connectivity index (χ4n) is 1.31. The maximum Gasteiger partial charge on any atom is 1.00 e. The first kappa shape index (κ1) is 20.2. The fraction of sp³-hybridized carbons (Fsp3) is 0.556. The molecule has 0 heterocycles. The van der Waals surface area contributed by atoms with Crippen LogP contribution in [0.3, 0.4) is 0 Å². The van der Waals surface area contributed by atoms with Crippen molar-refractivity contribution >= 4 is 23.9 Å². The number of hydrogen-bond donors (Lipinski definition) is 0. The Labute approximate surface area is 130 Å². The summed E-state index contributed by atoms with van der Waals surface area (Å²) in [7, 11) is 0. The van der Waals surface area contributed by atoms with Crippen LogP contribution in [-0.2, 0) is 19.2 Å². The number of aliphatic carboxylic acids is 4. The van der Waals surface area contributed by atoms with Gasteiger partial charge in [-0.15, -0.1) is 0 Å². The summed E-state index contributed by atoms with van der Waals surface area (Å²) in [6.07, 6.45) is -1.24. The maximum absolute atomic E-state index is 10.7. The molecule has 0 rings (SSSR count). The van der Waals surface area contributed by atoms with E-state index in [1.54, 1.807) is 0 Å². The minimum Gasteiger partial charge on any atom is -0.550 e. The Hall–Kier alpha value is -1.16. The average Bonchev–Trinajstić information content (AvgIpc) is 2.14. The quantitative estimate of drug-likeness (QED) is 0.373. The molecule has 0 radical (unpaired) electrons. The molecule has 0 saturated carbocycles. The van der Waals surface area contributed by atoms with Crippen LogP contribution in [0.5, 0.6) is 0 Å². The van der Waals surface area contributed by atoms with Gasteiger partial charge in [0.15, 0.2) is 0 Å². The van der Waals surface area contributed by atoms with Gasteiger partial charge in [-0.2, -0.15) is 0 Å². The topological polar surface area (TPSA) is 164 Å². The van der Waals surface area contributed by atoms with Gasteiger partial charge < -0.3 is 39.6 Å². The molecule has 102 valence electrons. The van der Waals surface area contributed by atoms with Gasteiger partial charge in [0, 0.05) is 19.1 Å². The third kappa shape index (κ3) is 9.42. The van der Waals surface area contributed by atoms with E-state index in [1.165, 1.54) is 0 Å². The van der Waals surface area contributed by atoms with Crippen molar-refractivity contribution in [3.05, 3.63) is 0 Å². The van der Waals surface area contributed by atoms with Crippen LogP contribution in [-0.4, -0.2) is 47.9 Å². The first-order valence-corrected chi connectivity index (χ1v) is 4.78. The van der Waals surface area contributed by atoms with Gasteiger partial charge in [-0.25, -0.2) is 0 Å². The molecule has 0 aliphatic rings. The first-order chi connectivity index (χ1) is 8.23. The second-order valence-electron chi connectivity index (χ2n) is 3.39. The van der Waals surface area contributed by atoms with Crippen molar-refractivity contribution < 1.29 is 69.2 Å². The van der Waals surface area contributed by atoms with Crippen LogP contribution in [0.25, 0.3) is 0 Å². The van der Waals surface area contributed by atoms with Crippen molar-refractivity contribution in [2.75, 3.05) is 13.1 Å². The van der Waals surface area contributed by atoms with Crippen LogP contribution in [0, 0.1) is 0 Å². The monoisotopic (exact) mass is 282 g/mol. The van der Waals surface area contributed by atoms with E-state index in [9.17, 15) is 39.6 Å². The molecule has 0 aliphatic carbocycles. The van der Waals surface area contributed by atoms with Crippen LogP contribution in [0.2, 0.25) is 0 Å². The second-order valence-corrected chi connectivity index (χ2v) is 3.39. The molecule has 0 fully saturated rings. The fourth-order valence-corrected chi connectivity index (χ4v) is 1.31. The van der Waals surface area contributed by atoms with Gasteiger partial charge in [0.2, 0.25) is 0 Å². The Morgan fingerprint density at radius 2 is 1.26 bits per heavy atom. The molecule has 1 atom stereocenters. The smallest absolute Gasteiger partial charge is 0.550 e. The molecule has 0 amide bonds. The van der Waals surface area contributed by atoms with Crippen LogP contribution >= 0.6 is 0 Å². The minimum absolute atomic E-state index is 0. The maximum atomic E-state index is 10.7. The zero-order chi connectivity index (χ0) is 14.3. The number of carboxylic acids is 4. The Balaban J connectivity index is 0. The first-order valence-electron chi connectivity index (χ1n) is 4.78. The largest absolute Gasteiger partial charge is 1.00 e. The molecular weight excluding hydrogens is 273 g/mol. The Kier molecular flexibility index (Phi) is 10.3. The van der Waals surface area contributed by atoms with Crippen LogP contribution < -0.4 is 50.0 Å². The van der Waals surface area contributed by atoms with Gasteiger partial charge in [0.05, 0.1) is 23.9 Å². The van der Waals surface area contributed by atoms with Gasteiger partial charge >= 0.3 is 29.6 Å². The SMILES string of the molecule is O=C([O-])CC[C@@H](C(=O)[O-])N(CC(=O)[O-])CC(=O)[O-].[Na+]. The van der Waals surface area contributed by atoms with Crippen molar-refractivity contribution in [3.63, 3.8) is 0 Å². The van der Waals surface area contributed by atoms with E-state index in [1.807, 2.05) is 0 Å². The predicted molar refractivity (Wildman–Crippen MR) is 44.6 cm³/mol. The molecule has 0 unspecified atom stereocenters. The van der Waals surface area contributed by atoms with E-state index >= 15 is 0 Å². The van der Waals surface area contributed by atoms with E-state index in [4.69, 9.17) is 0 Å². The van der Waals surface area contributed by atoms with Crippen molar-refractivity contribution in [3.8, 4) is 0 Å². The molecule has 0 aromatic rings. The van der Waals surface area contributed by atoms with Gasteiger partial charge in [-0.05, 0) is 12.8 Å². The normalized spacial score (nSPS) is 11.4. The van der Waals surface area contributed by atoms with E-state index in [0.717, 1.165) is 0 Å². The van der Waals surface area contributed by atoms with Crippen molar-refractivity contribution in [2.45, 2.75) is 18.9 Å². The van der Waals surface area contributed by atoms with Gasteiger partial charge in [0.1, 0.15) is 0 Å². The van der Waals surface area contributed by atoms with Crippen molar-refractivity contribution in [1.29, 1.82) is 0 Å². The van der Waals surface area contributed by atoms with Crippen LogP contribution in [0.1, 0.15) is 12.8 Å². The number of hydrogen-bond acceptors (Lipinski definition) is 9. The average molecular weight is 282 g/mol. The van der Waals surface area contributed by atoms with Crippen molar-refractivity contribution in [2.24, 2.45) is 0 Å². The van der Waals surface area contributed by atoms with E-state index in [2.05, 4.69) is 0 Å². The summed E-state index contributed by atoms with van der Waals surface area (Å²) >= 11 is 0. The molecular formula is C9H9NNaO8-3. The third-order valence-corrected chi connectivity index (χ3v) is 2.00. The molecule has 0 bridgehead atoms. The van der Waals surface area contributed by atoms with Gasteiger partial charge in [-0.3, -0.25) is 4.90 Å². The minimum atomic E-state index is -1.79. The molecule has 9 nitrogen and oxygen atoms in total. The van der Waals surface area contributed by atoms with E-state index < -0.39 is 55.9 Å². The van der Waals surface area contributed by atoms with E-state index in [0.29, 0.717) is 4.90 Å². The van der Waals surface area contributed by atoms with Crippen LogP contribution in [0.4, 0.5) is 0 Å². The molecule has 10 heteroatoms. The molecule has 0 aliphatic heterocycles. The van der Waals surface area contributed by atoms with Gasteiger partial charge in [-0.1, -0.05) is 0 Å². The molecule has 0 aromatic heterocycles. The Morgan fingerprint density at radius 3 is 1.53 bits per heavy atom. The summed E-state index contributed by atoms with van der Waals surface area (Å²) in [5.74, 6) is -6.77. The molecule has 0 saturated heterocycles. The zero-order valence-electron chi connectivity index (χ0n) is 10.1. The summed E-state index contributed by atoms with van der Waals surface area (Å²) in [6, 6.07) is -1.70. The van der Waals surface area contributed by atoms with Crippen LogP contribution in [0.15, 0.2) is 0 Å². The Morgan fingerprint density at radius 1 is 0.842 bits per heavy atom. The van der Waals surface area contributed by atoms with Gasteiger partial charge in [0.25, 0.3) is 0 Å². The molecule has 0 N–H and O–H groups in total. The number of carbonyl (C=O) groups is 4. The Bertz CT molecular complexity index is 342. The van der Waals surface area contributed by atoms with E-state index in [-0.39, 0.29) is 29.6 Å². The summed E-state index contributed by atoms with van der Waals surface area (Å²) in [4.78, 5) is 42.1.